The number of carbonyl (C=O) groups is 2. The van der Waals surface area contributed by atoms with Gasteiger partial charge in [-0.25, -0.2) is 4.79 Å². The number of hydrogen-bond donors (Lipinski definition) is 1. The number of anilines is 1. The van der Waals surface area contributed by atoms with Crippen molar-refractivity contribution in [1.82, 2.24) is 4.98 Å². The van der Waals surface area contributed by atoms with Crippen molar-refractivity contribution >= 4 is 28.5 Å². The number of nitrogens with one attached hydrogen (secondary N) is 1. The molecular weight excluding hydrogens is 366 g/mol. The minimum atomic E-state index is -0.970. The Labute approximate surface area is 168 Å². The van der Waals surface area contributed by atoms with Gasteiger partial charge in [-0.05, 0) is 62.1 Å². The second-order valence-electron chi connectivity index (χ2n) is 7.01. The summed E-state index contributed by atoms with van der Waals surface area (Å²) in [5.41, 5.74) is 4.17. The third-order valence-electron chi connectivity index (χ3n) is 5.06. The summed E-state index contributed by atoms with van der Waals surface area (Å²) in [6.07, 6.45) is 1.61. The van der Waals surface area contributed by atoms with Gasteiger partial charge in [0.2, 0.25) is 0 Å². The molecule has 0 saturated heterocycles. The van der Waals surface area contributed by atoms with E-state index < -0.39 is 18.0 Å². The van der Waals surface area contributed by atoms with Crippen LogP contribution in [0, 0.1) is 11.3 Å². The maximum atomic E-state index is 13.0. The number of rotatable bonds is 4. The zero-order valence-corrected chi connectivity index (χ0v) is 15.9. The van der Waals surface area contributed by atoms with Gasteiger partial charge in [-0.3, -0.25) is 9.78 Å². The summed E-state index contributed by atoms with van der Waals surface area (Å²) < 4.78 is 5.52. The molecule has 2 aromatic carbocycles. The van der Waals surface area contributed by atoms with Crippen LogP contribution in [0.5, 0.6) is 0 Å². The Morgan fingerprint density at radius 3 is 2.66 bits per heavy atom. The fraction of sp³-hybridized carbons (Fsp3) is 0.217. The maximum Gasteiger partial charge on any atom is 0.339 e. The number of benzene rings is 2. The average molecular weight is 385 g/mol. The van der Waals surface area contributed by atoms with Gasteiger partial charge in [0, 0.05) is 16.8 Å². The smallest absolute Gasteiger partial charge is 0.339 e. The number of nitriles is 1. The number of aryl methyl sites for hydroxylation is 1. The van der Waals surface area contributed by atoms with Crippen LogP contribution in [-0.4, -0.2) is 23.0 Å². The van der Waals surface area contributed by atoms with Crippen LogP contribution in [0.4, 0.5) is 5.69 Å². The number of amides is 1. The van der Waals surface area contributed by atoms with E-state index in [0.29, 0.717) is 16.8 Å². The van der Waals surface area contributed by atoms with E-state index in [9.17, 15) is 9.59 Å². The summed E-state index contributed by atoms with van der Waals surface area (Å²) in [4.78, 5) is 30.1. The van der Waals surface area contributed by atoms with Crippen molar-refractivity contribution < 1.29 is 14.3 Å². The van der Waals surface area contributed by atoms with E-state index in [0.717, 1.165) is 41.4 Å². The summed E-state index contributed by atoms with van der Waals surface area (Å²) in [6, 6.07) is 16.0. The third kappa shape index (κ3) is 3.67. The van der Waals surface area contributed by atoms with Gasteiger partial charge in [0.05, 0.1) is 22.7 Å². The number of hydrogen-bond acceptors (Lipinski definition) is 5. The molecular formula is C23H19N3O3. The summed E-state index contributed by atoms with van der Waals surface area (Å²) in [5, 5.41) is 12.3. The van der Waals surface area contributed by atoms with Crippen LogP contribution in [-0.2, 0) is 22.4 Å². The Bertz CT molecular complexity index is 1150. The highest BCUT2D eigenvalue weighted by Crippen LogP contribution is 2.30. The molecule has 1 N–H and O–H groups in total. The highest BCUT2D eigenvalue weighted by molar-refractivity contribution is 6.06. The fourth-order valence-corrected chi connectivity index (χ4v) is 3.59. The molecule has 29 heavy (non-hydrogen) atoms. The number of nitrogens with zero attached hydrogens (tertiary/aromatic N) is 2. The van der Waals surface area contributed by atoms with Crippen LogP contribution in [0.2, 0.25) is 0 Å². The molecule has 4 rings (SSSR count). The predicted octanol–water partition coefficient (Wildman–Crippen LogP) is 3.78. The number of pyridine rings is 1. The van der Waals surface area contributed by atoms with Gasteiger partial charge in [0.15, 0.2) is 6.10 Å². The van der Waals surface area contributed by atoms with E-state index in [2.05, 4.69) is 10.3 Å². The average Bonchev–Trinajstić information content (AvgIpc) is 3.20. The first-order chi connectivity index (χ1) is 14.1. The quantitative estimate of drug-likeness (QED) is 0.690. The molecule has 1 amide bonds. The lowest BCUT2D eigenvalue weighted by Gasteiger charge is -2.16. The SMILES string of the molecule is C[C@@H](OC(=O)c1c2c(nc3ccccc13)CCC2)C(=O)Nc1ccc(C#N)cc1. The minimum Gasteiger partial charge on any atom is -0.449 e. The number of para-hydroxylation sites is 1. The summed E-state index contributed by atoms with van der Waals surface area (Å²) in [7, 11) is 0. The summed E-state index contributed by atoms with van der Waals surface area (Å²) in [5.74, 6) is -0.942. The number of carbonyl (C=O) groups excluding carboxylic acids is 2. The van der Waals surface area contributed by atoms with E-state index >= 15 is 0 Å². The molecule has 6 nitrogen and oxygen atoms in total. The summed E-state index contributed by atoms with van der Waals surface area (Å²) in [6.45, 7) is 1.54. The van der Waals surface area contributed by atoms with Crippen LogP contribution < -0.4 is 5.32 Å². The molecule has 0 bridgehead atoms. The van der Waals surface area contributed by atoms with Crippen molar-refractivity contribution in [2.24, 2.45) is 0 Å². The third-order valence-corrected chi connectivity index (χ3v) is 5.06. The Balaban J connectivity index is 1.55. The molecule has 0 spiro atoms. The van der Waals surface area contributed by atoms with Gasteiger partial charge in [-0.15, -0.1) is 0 Å². The van der Waals surface area contributed by atoms with E-state index in [1.807, 2.05) is 30.3 Å². The lowest BCUT2D eigenvalue weighted by atomic mass is 10.0. The molecule has 0 aliphatic heterocycles. The lowest BCUT2D eigenvalue weighted by Crippen LogP contribution is -2.30. The van der Waals surface area contributed by atoms with Gasteiger partial charge >= 0.3 is 5.97 Å². The molecule has 1 aliphatic carbocycles. The minimum absolute atomic E-state index is 0.432. The van der Waals surface area contributed by atoms with E-state index in [1.165, 1.54) is 0 Å². The topological polar surface area (TPSA) is 92.1 Å². The molecule has 1 aliphatic rings. The van der Waals surface area contributed by atoms with Crippen molar-refractivity contribution in [2.75, 3.05) is 5.32 Å². The van der Waals surface area contributed by atoms with Crippen molar-refractivity contribution in [2.45, 2.75) is 32.3 Å². The second-order valence-corrected chi connectivity index (χ2v) is 7.01. The van der Waals surface area contributed by atoms with Crippen LogP contribution in [0.3, 0.4) is 0 Å². The maximum absolute atomic E-state index is 13.0. The summed E-state index contributed by atoms with van der Waals surface area (Å²) >= 11 is 0. The van der Waals surface area contributed by atoms with Gasteiger partial charge in [0.25, 0.3) is 5.91 Å². The zero-order valence-electron chi connectivity index (χ0n) is 15.9. The Kier molecular flexibility index (Phi) is 4.96. The number of aromatic nitrogens is 1. The highest BCUT2D eigenvalue weighted by atomic mass is 16.5. The van der Waals surface area contributed by atoms with Crippen LogP contribution in [0.1, 0.15) is 40.5 Å². The standard InChI is InChI=1S/C23H19N3O3/c1-14(22(27)25-16-11-9-15(13-24)10-12-16)29-23(28)21-17-5-2-3-7-19(17)26-20-8-4-6-18(20)21/h2-3,5,7,9-12,14H,4,6,8H2,1H3,(H,25,27)/t14-/m1/s1. The second kappa shape index (κ2) is 7.72. The van der Waals surface area contributed by atoms with E-state index in [4.69, 9.17) is 10.00 Å². The van der Waals surface area contributed by atoms with Gasteiger partial charge in [-0.1, -0.05) is 18.2 Å². The number of ether oxygens (including phenoxy) is 1. The first-order valence-corrected chi connectivity index (χ1v) is 9.49. The molecule has 0 unspecified atom stereocenters. The van der Waals surface area contributed by atoms with E-state index in [-0.39, 0.29) is 0 Å². The normalized spacial score (nSPS) is 13.4. The molecule has 0 fully saturated rings. The van der Waals surface area contributed by atoms with Gasteiger partial charge in [-0.2, -0.15) is 5.26 Å². The molecule has 1 atom stereocenters. The van der Waals surface area contributed by atoms with E-state index in [1.54, 1.807) is 31.2 Å². The zero-order chi connectivity index (χ0) is 20.4. The molecule has 1 aromatic heterocycles. The lowest BCUT2D eigenvalue weighted by molar-refractivity contribution is -0.123. The number of fused-ring (bicyclic) bond motifs is 2. The van der Waals surface area contributed by atoms with Crippen LogP contribution >= 0.6 is 0 Å². The molecule has 0 radical (unpaired) electrons. The Hall–Kier alpha value is -3.72. The van der Waals surface area contributed by atoms with Crippen molar-refractivity contribution in [3.05, 3.63) is 70.9 Å². The van der Waals surface area contributed by atoms with Crippen molar-refractivity contribution in [1.29, 1.82) is 5.26 Å². The van der Waals surface area contributed by atoms with Gasteiger partial charge in [0.1, 0.15) is 0 Å². The van der Waals surface area contributed by atoms with Crippen LogP contribution in [0.25, 0.3) is 10.9 Å². The molecule has 1 heterocycles. The largest absolute Gasteiger partial charge is 0.449 e. The number of esters is 1. The molecule has 144 valence electrons. The Morgan fingerprint density at radius 1 is 1.14 bits per heavy atom. The molecule has 0 saturated carbocycles. The highest BCUT2D eigenvalue weighted by Gasteiger charge is 2.27. The monoisotopic (exact) mass is 385 g/mol. The van der Waals surface area contributed by atoms with Gasteiger partial charge < -0.3 is 10.1 Å². The Morgan fingerprint density at radius 2 is 1.90 bits per heavy atom. The van der Waals surface area contributed by atoms with Crippen LogP contribution in [0.15, 0.2) is 48.5 Å². The van der Waals surface area contributed by atoms with Crippen molar-refractivity contribution in [3.63, 3.8) is 0 Å². The fourth-order valence-electron chi connectivity index (χ4n) is 3.59. The first kappa shape index (κ1) is 18.6. The van der Waals surface area contributed by atoms with Crippen molar-refractivity contribution in [3.8, 4) is 6.07 Å². The first-order valence-electron chi connectivity index (χ1n) is 9.49. The predicted molar refractivity (Wildman–Crippen MR) is 108 cm³/mol. The molecule has 6 heteroatoms. The molecule has 3 aromatic rings.